The van der Waals surface area contributed by atoms with E-state index in [1.807, 2.05) is 0 Å². The number of aliphatic carboxylic acids is 1. The van der Waals surface area contributed by atoms with Crippen LogP contribution in [-0.2, 0) is 11.2 Å². The fraction of sp³-hybridized carbons (Fsp3) is 0.357. The van der Waals surface area contributed by atoms with Gasteiger partial charge in [-0.15, -0.1) is 0 Å². The van der Waals surface area contributed by atoms with Crippen molar-refractivity contribution in [3.8, 4) is 0 Å². The summed E-state index contributed by atoms with van der Waals surface area (Å²) in [7, 11) is 0. The Bertz CT molecular complexity index is 542. The average molecular weight is 212 g/mol. The third-order valence-electron chi connectivity index (χ3n) is 4.28. The van der Waals surface area contributed by atoms with Crippen LogP contribution in [0.2, 0.25) is 0 Å². The molecule has 3 aliphatic carbocycles. The summed E-state index contributed by atoms with van der Waals surface area (Å²) in [6.07, 6.45) is 4.45. The molecule has 0 aromatic heterocycles. The molecule has 0 bridgehead atoms. The van der Waals surface area contributed by atoms with Crippen molar-refractivity contribution in [1.29, 1.82) is 0 Å². The van der Waals surface area contributed by atoms with Gasteiger partial charge < -0.3 is 5.11 Å². The molecule has 0 amide bonds. The van der Waals surface area contributed by atoms with Crippen LogP contribution in [0.25, 0.3) is 5.57 Å². The van der Waals surface area contributed by atoms with E-state index >= 15 is 0 Å². The summed E-state index contributed by atoms with van der Waals surface area (Å²) in [5.41, 5.74) is 5.49. The highest BCUT2D eigenvalue weighted by molar-refractivity contribution is 5.85. The van der Waals surface area contributed by atoms with Crippen LogP contribution in [0, 0.1) is 11.8 Å². The van der Waals surface area contributed by atoms with E-state index in [1.54, 1.807) is 0 Å². The monoisotopic (exact) mass is 212 g/mol. The number of carboxylic acids is 1. The zero-order chi connectivity index (χ0) is 10.9. The topological polar surface area (TPSA) is 37.3 Å². The van der Waals surface area contributed by atoms with Gasteiger partial charge in [0.05, 0.1) is 5.92 Å². The molecule has 80 valence electrons. The predicted octanol–water partition coefficient (Wildman–Crippen LogP) is 2.44. The van der Waals surface area contributed by atoms with Gasteiger partial charge in [0, 0.05) is 5.92 Å². The molecule has 2 nitrogen and oxygen atoms in total. The fourth-order valence-corrected chi connectivity index (χ4v) is 3.55. The van der Waals surface area contributed by atoms with Crippen molar-refractivity contribution in [2.24, 2.45) is 11.8 Å². The Morgan fingerprint density at radius 2 is 2.19 bits per heavy atom. The van der Waals surface area contributed by atoms with Crippen LogP contribution in [0.3, 0.4) is 0 Å². The number of allylic oxidation sites excluding steroid dienone is 2. The SMILES string of the molecule is O=C(O)[C@H]1[C@@H]2C=C3CCc4cccc(c43)[C@@H]21. The summed E-state index contributed by atoms with van der Waals surface area (Å²) in [6.45, 7) is 0. The van der Waals surface area contributed by atoms with Crippen LogP contribution in [0.4, 0.5) is 0 Å². The van der Waals surface area contributed by atoms with Crippen LogP contribution in [0.1, 0.15) is 29.0 Å². The van der Waals surface area contributed by atoms with Crippen LogP contribution < -0.4 is 0 Å². The van der Waals surface area contributed by atoms with Gasteiger partial charge in [-0.05, 0) is 41.0 Å². The van der Waals surface area contributed by atoms with E-state index in [2.05, 4.69) is 24.3 Å². The second kappa shape index (κ2) is 2.57. The molecule has 16 heavy (non-hydrogen) atoms. The van der Waals surface area contributed by atoms with Crippen molar-refractivity contribution in [3.63, 3.8) is 0 Å². The average Bonchev–Trinajstić information content (AvgIpc) is 2.86. The molecule has 0 aliphatic heterocycles. The number of rotatable bonds is 1. The number of hydrogen-bond acceptors (Lipinski definition) is 1. The number of carbonyl (C=O) groups is 1. The third-order valence-corrected chi connectivity index (χ3v) is 4.28. The van der Waals surface area contributed by atoms with Gasteiger partial charge in [0.1, 0.15) is 0 Å². The lowest BCUT2D eigenvalue weighted by Gasteiger charge is -2.13. The van der Waals surface area contributed by atoms with Crippen molar-refractivity contribution < 1.29 is 9.90 Å². The second-order valence-corrected chi connectivity index (χ2v) is 5.04. The Hall–Kier alpha value is -1.57. The molecule has 4 rings (SSSR count). The van der Waals surface area contributed by atoms with Crippen molar-refractivity contribution >= 4 is 11.5 Å². The lowest BCUT2D eigenvalue weighted by molar-refractivity contribution is -0.138. The van der Waals surface area contributed by atoms with Crippen molar-refractivity contribution in [3.05, 3.63) is 41.0 Å². The molecule has 1 fully saturated rings. The molecule has 0 saturated heterocycles. The van der Waals surface area contributed by atoms with Crippen molar-refractivity contribution in [2.75, 3.05) is 0 Å². The Morgan fingerprint density at radius 1 is 1.31 bits per heavy atom. The van der Waals surface area contributed by atoms with E-state index in [1.165, 1.54) is 22.3 Å². The summed E-state index contributed by atoms with van der Waals surface area (Å²) in [6, 6.07) is 6.38. The molecule has 0 heterocycles. The number of carboxylic acid groups (broad SMARTS) is 1. The number of hydrogen-bond donors (Lipinski definition) is 1. The first-order valence-electron chi connectivity index (χ1n) is 5.83. The summed E-state index contributed by atoms with van der Waals surface area (Å²) in [5.74, 6) is -0.267. The number of aryl methyl sites for hydroxylation is 1. The van der Waals surface area contributed by atoms with E-state index in [4.69, 9.17) is 5.11 Å². The largest absolute Gasteiger partial charge is 0.481 e. The van der Waals surface area contributed by atoms with E-state index in [-0.39, 0.29) is 17.8 Å². The van der Waals surface area contributed by atoms with Crippen LogP contribution in [-0.4, -0.2) is 11.1 Å². The van der Waals surface area contributed by atoms with Gasteiger partial charge >= 0.3 is 5.97 Å². The Labute approximate surface area is 93.6 Å². The zero-order valence-electron chi connectivity index (χ0n) is 8.81. The van der Waals surface area contributed by atoms with E-state index in [0.29, 0.717) is 0 Å². The first-order valence-corrected chi connectivity index (χ1v) is 5.83. The maximum atomic E-state index is 11.1. The van der Waals surface area contributed by atoms with Gasteiger partial charge in [0.15, 0.2) is 0 Å². The fourth-order valence-electron chi connectivity index (χ4n) is 3.55. The molecule has 1 saturated carbocycles. The van der Waals surface area contributed by atoms with Gasteiger partial charge in [0.25, 0.3) is 0 Å². The molecule has 3 atom stereocenters. The molecular formula is C14H12O2. The molecule has 0 unspecified atom stereocenters. The Morgan fingerprint density at radius 3 is 3.00 bits per heavy atom. The second-order valence-electron chi connectivity index (χ2n) is 5.04. The molecule has 2 heteroatoms. The Kier molecular flexibility index (Phi) is 1.37. The minimum absolute atomic E-state index is 0.162. The first-order chi connectivity index (χ1) is 7.77. The van der Waals surface area contributed by atoms with Crippen LogP contribution in [0.5, 0.6) is 0 Å². The van der Waals surface area contributed by atoms with Crippen LogP contribution >= 0.6 is 0 Å². The summed E-state index contributed by atoms with van der Waals surface area (Å²) in [5, 5.41) is 9.15. The molecule has 1 aromatic carbocycles. The predicted molar refractivity (Wildman–Crippen MR) is 60.1 cm³/mol. The summed E-state index contributed by atoms with van der Waals surface area (Å²) >= 11 is 0. The smallest absolute Gasteiger partial charge is 0.307 e. The highest BCUT2D eigenvalue weighted by Gasteiger charge is 2.57. The zero-order valence-corrected chi connectivity index (χ0v) is 8.81. The highest BCUT2D eigenvalue weighted by atomic mass is 16.4. The molecular weight excluding hydrogens is 200 g/mol. The summed E-state index contributed by atoms with van der Waals surface area (Å²) in [4.78, 5) is 11.1. The maximum Gasteiger partial charge on any atom is 0.307 e. The maximum absolute atomic E-state index is 11.1. The van der Waals surface area contributed by atoms with E-state index in [0.717, 1.165) is 12.8 Å². The molecule has 0 spiro atoms. The molecule has 1 N–H and O–H groups in total. The number of fused-ring (bicyclic) bond motifs is 2. The molecule has 1 aromatic rings. The van der Waals surface area contributed by atoms with Gasteiger partial charge in [-0.1, -0.05) is 24.3 Å². The van der Waals surface area contributed by atoms with Crippen molar-refractivity contribution in [1.82, 2.24) is 0 Å². The minimum atomic E-state index is -0.635. The summed E-state index contributed by atoms with van der Waals surface area (Å²) < 4.78 is 0. The minimum Gasteiger partial charge on any atom is -0.481 e. The lowest BCUT2D eigenvalue weighted by atomic mass is 9.91. The van der Waals surface area contributed by atoms with E-state index < -0.39 is 5.97 Å². The molecule has 3 aliphatic rings. The molecule has 0 radical (unpaired) electrons. The lowest BCUT2D eigenvalue weighted by Crippen LogP contribution is -2.00. The van der Waals surface area contributed by atoms with Crippen LogP contribution in [0.15, 0.2) is 24.3 Å². The van der Waals surface area contributed by atoms with Gasteiger partial charge in [0.2, 0.25) is 0 Å². The van der Waals surface area contributed by atoms with Gasteiger partial charge in [-0.2, -0.15) is 0 Å². The number of benzene rings is 1. The van der Waals surface area contributed by atoms with Gasteiger partial charge in [-0.25, -0.2) is 0 Å². The van der Waals surface area contributed by atoms with Crippen molar-refractivity contribution in [2.45, 2.75) is 18.8 Å². The standard InChI is InChI=1S/C14H12O2/c15-14(16)13-10-6-8-5-4-7-2-1-3-9(11(7)8)12(10)13/h1-3,6,10,12-13H,4-5H2,(H,15,16)/t10-,12+,13+/m1/s1. The quantitative estimate of drug-likeness (QED) is 0.776. The first kappa shape index (κ1) is 8.57. The normalized spacial score (nSPS) is 32.8. The van der Waals surface area contributed by atoms with E-state index in [9.17, 15) is 4.79 Å². The highest BCUT2D eigenvalue weighted by Crippen LogP contribution is 2.61. The third kappa shape index (κ3) is 0.861. The van der Waals surface area contributed by atoms with Gasteiger partial charge in [-0.3, -0.25) is 4.79 Å². The Balaban J connectivity index is 1.93.